The number of ketones is 1. The first-order valence-corrected chi connectivity index (χ1v) is 17.6. The van der Waals surface area contributed by atoms with E-state index in [0.717, 1.165) is 35.2 Å². The van der Waals surface area contributed by atoms with Crippen molar-refractivity contribution in [2.45, 2.75) is 91.4 Å². The van der Waals surface area contributed by atoms with Crippen LogP contribution in [0.2, 0.25) is 0 Å². The van der Waals surface area contributed by atoms with Crippen LogP contribution >= 0.6 is 15.9 Å². The number of benzene rings is 1. The lowest BCUT2D eigenvalue weighted by atomic mass is 9.64. The van der Waals surface area contributed by atoms with E-state index < -0.39 is 6.04 Å². The van der Waals surface area contributed by atoms with E-state index in [4.69, 9.17) is 5.10 Å². The number of anilines is 1. The molecule has 4 aromatic heterocycles. The Morgan fingerprint density at radius 3 is 2.44 bits per heavy atom. The monoisotopic (exact) mass is 737 g/mol. The molecular formula is C37H40BrN9O3. The van der Waals surface area contributed by atoms with E-state index in [-0.39, 0.29) is 46.7 Å². The molecule has 12 nitrogen and oxygen atoms in total. The summed E-state index contributed by atoms with van der Waals surface area (Å²) in [6.45, 7) is 12.0. The van der Waals surface area contributed by atoms with Crippen molar-refractivity contribution in [1.82, 2.24) is 39.4 Å². The number of pyridine rings is 1. The van der Waals surface area contributed by atoms with Crippen molar-refractivity contribution >= 4 is 50.2 Å². The Kier molecular flexibility index (Phi) is 8.44. The molecule has 7 rings (SSSR count). The summed E-state index contributed by atoms with van der Waals surface area (Å²) in [7, 11) is 0. The number of hydrogen-bond acceptors (Lipinski definition) is 8. The zero-order valence-electron chi connectivity index (χ0n) is 29.1. The first-order valence-electron chi connectivity index (χ1n) is 16.8. The van der Waals surface area contributed by atoms with E-state index in [1.54, 1.807) is 22.0 Å². The topological polar surface area (TPSA) is 141 Å². The zero-order chi connectivity index (χ0) is 35.5. The van der Waals surface area contributed by atoms with Crippen LogP contribution in [0.1, 0.15) is 74.5 Å². The van der Waals surface area contributed by atoms with Gasteiger partial charge in [0.15, 0.2) is 5.78 Å². The van der Waals surface area contributed by atoms with Gasteiger partial charge in [-0.2, -0.15) is 10.2 Å². The number of carbonyl (C=O) groups excluding carboxylic acids is 3. The van der Waals surface area contributed by atoms with Crippen molar-refractivity contribution in [2.24, 2.45) is 5.41 Å². The van der Waals surface area contributed by atoms with Gasteiger partial charge in [-0.3, -0.25) is 23.7 Å². The number of nitrogens with one attached hydrogen (secondary N) is 1. The molecule has 1 aliphatic heterocycles. The lowest BCUT2D eigenvalue weighted by Gasteiger charge is -2.47. The van der Waals surface area contributed by atoms with Crippen molar-refractivity contribution in [3.8, 4) is 11.1 Å². The standard InChI is InChI=1S/C37H40BrN9O3/c1-21-7-10-31(38)41-34(21)42-35(50)28-16-37(20-45-14-12-29(43-45)36(4,5)6)13-11-30(37)47(28)32(49)19-46-27-9-8-24(25-17-39-23(3)40-18-25)15-26(27)33(44-46)22(2)48/h7-10,12,14-15,17-18,28,30H,11,13,16,19-20H2,1-6H3,(H,41,42,50)/t28-,30+,37+/m0/s1. The van der Waals surface area contributed by atoms with E-state index in [0.29, 0.717) is 40.1 Å². The van der Waals surface area contributed by atoms with Crippen molar-refractivity contribution in [3.05, 3.63) is 82.4 Å². The van der Waals surface area contributed by atoms with Crippen LogP contribution in [0.4, 0.5) is 5.82 Å². The molecule has 50 heavy (non-hydrogen) atoms. The number of Topliss-reactive ketones (excluding diaryl/α,β-unsaturated/α-hetero) is 1. The largest absolute Gasteiger partial charge is 0.325 e. The van der Waals surface area contributed by atoms with E-state index in [1.165, 1.54) is 6.92 Å². The molecule has 1 saturated carbocycles. The molecular weight excluding hydrogens is 698 g/mol. The van der Waals surface area contributed by atoms with Gasteiger partial charge in [0, 0.05) is 59.9 Å². The number of aromatic nitrogens is 7. The molecule has 0 spiro atoms. The smallest absolute Gasteiger partial charge is 0.248 e. The fraction of sp³-hybridized carbons (Fsp3) is 0.405. The van der Waals surface area contributed by atoms with E-state index in [1.807, 2.05) is 61.1 Å². The number of likely N-dealkylation sites (tertiary alicyclic amines) is 1. The molecule has 2 amide bonds. The highest BCUT2D eigenvalue weighted by Gasteiger charge is 2.61. The van der Waals surface area contributed by atoms with Gasteiger partial charge in [0.1, 0.15) is 34.5 Å². The number of hydrogen-bond donors (Lipinski definition) is 1. The molecule has 2 fully saturated rings. The van der Waals surface area contributed by atoms with Crippen molar-refractivity contribution < 1.29 is 14.4 Å². The average molecular weight is 739 g/mol. The molecule has 1 N–H and O–H groups in total. The minimum atomic E-state index is -0.727. The third-order valence-corrected chi connectivity index (χ3v) is 10.6. The van der Waals surface area contributed by atoms with Crippen LogP contribution in [0.3, 0.4) is 0 Å². The van der Waals surface area contributed by atoms with Gasteiger partial charge in [0.25, 0.3) is 0 Å². The normalized spacial score (nSPS) is 20.1. The average Bonchev–Trinajstić information content (AvgIpc) is 3.73. The summed E-state index contributed by atoms with van der Waals surface area (Å²) < 4.78 is 4.15. The molecule has 3 atom stereocenters. The van der Waals surface area contributed by atoms with Crippen molar-refractivity contribution in [2.75, 3.05) is 5.32 Å². The fourth-order valence-electron chi connectivity index (χ4n) is 7.36. The molecule has 5 aromatic rings. The van der Waals surface area contributed by atoms with Crippen molar-refractivity contribution in [3.63, 3.8) is 0 Å². The second-order valence-electron chi connectivity index (χ2n) is 14.7. The van der Waals surface area contributed by atoms with Gasteiger partial charge in [-0.15, -0.1) is 0 Å². The third kappa shape index (κ3) is 6.12. The summed E-state index contributed by atoms with van der Waals surface area (Å²) in [4.78, 5) is 56.3. The van der Waals surface area contributed by atoms with Crippen LogP contribution in [0, 0.1) is 19.3 Å². The second kappa shape index (κ2) is 12.5. The van der Waals surface area contributed by atoms with Crippen LogP contribution in [0.5, 0.6) is 0 Å². The molecule has 0 unspecified atom stereocenters. The Morgan fingerprint density at radius 1 is 1.02 bits per heavy atom. The number of nitrogens with zero attached hydrogens (tertiary/aromatic N) is 8. The Balaban J connectivity index is 1.22. The molecule has 0 bridgehead atoms. The summed E-state index contributed by atoms with van der Waals surface area (Å²) >= 11 is 3.41. The minimum absolute atomic E-state index is 0.100. The highest BCUT2D eigenvalue weighted by atomic mass is 79.9. The molecule has 1 aliphatic carbocycles. The van der Waals surface area contributed by atoms with Gasteiger partial charge in [0.05, 0.1) is 11.2 Å². The van der Waals surface area contributed by atoms with E-state index in [2.05, 4.69) is 62.1 Å². The molecule has 0 radical (unpaired) electrons. The fourth-order valence-corrected chi connectivity index (χ4v) is 7.67. The molecule has 13 heteroatoms. The van der Waals surface area contributed by atoms with Gasteiger partial charge in [0.2, 0.25) is 11.8 Å². The third-order valence-electron chi connectivity index (χ3n) is 10.2. The number of halogens is 1. The maximum absolute atomic E-state index is 14.5. The van der Waals surface area contributed by atoms with Crippen molar-refractivity contribution in [1.29, 1.82) is 0 Å². The highest BCUT2D eigenvalue weighted by Crippen LogP contribution is 2.55. The highest BCUT2D eigenvalue weighted by molar-refractivity contribution is 9.10. The maximum atomic E-state index is 14.5. The lowest BCUT2D eigenvalue weighted by molar-refractivity contribution is -0.142. The number of amides is 2. The minimum Gasteiger partial charge on any atom is -0.325 e. The predicted molar refractivity (Wildman–Crippen MR) is 192 cm³/mol. The molecule has 2 aliphatic rings. The SMILES string of the molecule is CC(=O)c1nn(CC(=O)N2[C@H](C(=O)Nc3nc(Br)ccc3C)C[C@@]3(Cn4ccc(C(C)(C)C)n4)CC[C@@H]23)c2ccc(-c3cnc(C)nc3)cc12. The Morgan fingerprint density at radius 2 is 1.78 bits per heavy atom. The summed E-state index contributed by atoms with van der Waals surface area (Å²) in [6.07, 6.45) is 7.62. The molecule has 1 aromatic carbocycles. The van der Waals surface area contributed by atoms with Crippen LogP contribution in [-0.4, -0.2) is 69.1 Å². The first kappa shape index (κ1) is 33.7. The van der Waals surface area contributed by atoms with E-state index >= 15 is 0 Å². The number of aryl methyl sites for hydroxylation is 2. The Bertz CT molecular complexity index is 2150. The Hall–Kier alpha value is -4.78. The van der Waals surface area contributed by atoms with Crippen LogP contribution in [0.15, 0.2) is 59.6 Å². The molecule has 258 valence electrons. The van der Waals surface area contributed by atoms with Gasteiger partial charge in [-0.1, -0.05) is 32.9 Å². The number of fused-ring (bicyclic) bond motifs is 2. The van der Waals surface area contributed by atoms with Crippen LogP contribution in [0.25, 0.3) is 22.0 Å². The molecule has 1 saturated heterocycles. The van der Waals surface area contributed by atoms with Gasteiger partial charge in [-0.25, -0.2) is 15.0 Å². The number of carbonyl (C=O) groups is 3. The second-order valence-corrected chi connectivity index (χ2v) is 15.5. The van der Waals surface area contributed by atoms with Crippen LogP contribution in [-0.2, 0) is 28.1 Å². The summed E-state index contributed by atoms with van der Waals surface area (Å²) in [5.41, 5.74) is 3.97. The van der Waals surface area contributed by atoms with Gasteiger partial charge >= 0.3 is 0 Å². The number of rotatable bonds is 8. The predicted octanol–water partition coefficient (Wildman–Crippen LogP) is 6.05. The maximum Gasteiger partial charge on any atom is 0.248 e. The summed E-state index contributed by atoms with van der Waals surface area (Å²) in [5, 5.41) is 13.2. The molecule has 5 heterocycles. The van der Waals surface area contributed by atoms with Gasteiger partial charge in [-0.05, 0) is 84.4 Å². The quantitative estimate of drug-likeness (QED) is 0.150. The van der Waals surface area contributed by atoms with Crippen LogP contribution < -0.4 is 5.32 Å². The zero-order valence-corrected chi connectivity index (χ0v) is 30.7. The lowest BCUT2D eigenvalue weighted by Crippen LogP contribution is -2.54. The first-order chi connectivity index (χ1) is 23.7. The summed E-state index contributed by atoms with van der Waals surface area (Å²) in [5.74, 6) is 0.391. The van der Waals surface area contributed by atoms with E-state index in [9.17, 15) is 14.4 Å². The van der Waals surface area contributed by atoms with Gasteiger partial charge < -0.3 is 10.2 Å². The summed E-state index contributed by atoms with van der Waals surface area (Å²) in [6, 6.07) is 10.5. The Labute approximate surface area is 298 Å².